The van der Waals surface area contributed by atoms with Crippen LogP contribution in [-0.4, -0.2) is 21.0 Å². The molecule has 0 fully saturated rings. The molecule has 2 rings (SSSR count). The summed E-state index contributed by atoms with van der Waals surface area (Å²) in [6.45, 7) is 4.04. The minimum absolute atomic E-state index is 0. The number of hydrogen-bond acceptors (Lipinski definition) is 4. The summed E-state index contributed by atoms with van der Waals surface area (Å²) in [5, 5.41) is 9.42. The molecule has 0 unspecified atom stereocenters. The van der Waals surface area contributed by atoms with Crippen LogP contribution in [0.1, 0.15) is 50.1 Å². The Morgan fingerprint density at radius 1 is 1.38 bits per heavy atom. The molecule has 0 bridgehead atoms. The average Bonchev–Trinajstić information content (AvgIpc) is 2.67. The summed E-state index contributed by atoms with van der Waals surface area (Å²) in [6, 6.07) is 0. The Morgan fingerprint density at radius 2 is 2.05 bits per heavy atom. The van der Waals surface area contributed by atoms with Crippen LogP contribution in [0.5, 0.6) is 0 Å². The number of rotatable bonds is 5. The molecule has 0 aliphatic rings. The topological polar surface area (TPSA) is 83.0 Å². The molecule has 0 aliphatic carbocycles. The first kappa shape index (κ1) is 21.3. The predicted molar refractivity (Wildman–Crippen MR) is 77.4 cm³/mol. The predicted octanol–water partition coefficient (Wildman–Crippen LogP) is -3.04. The van der Waals surface area contributed by atoms with Crippen molar-refractivity contribution in [2.45, 2.75) is 39.5 Å². The monoisotopic (exact) mass is 328 g/mol. The average molecular weight is 328 g/mol. The maximum Gasteiger partial charge on any atom is 1.00 e. The molecule has 0 aliphatic heterocycles. The Labute approximate surface area is 174 Å². The molecule has 0 aromatic carbocycles. The summed E-state index contributed by atoms with van der Waals surface area (Å²) in [7, 11) is 0. The zero-order valence-corrected chi connectivity index (χ0v) is 17.8. The van der Waals surface area contributed by atoms with E-state index in [0.717, 1.165) is 36.1 Å². The molecule has 2 aromatic heterocycles. The van der Waals surface area contributed by atoms with Gasteiger partial charge in [-0.05, 0) is 25.3 Å². The van der Waals surface area contributed by atoms with Crippen LogP contribution in [0.3, 0.4) is 0 Å². The third-order valence-electron chi connectivity index (χ3n) is 3.11. The van der Waals surface area contributed by atoms with Gasteiger partial charge in [0.15, 0.2) is 0 Å². The smallest absolute Gasteiger partial charge is 1.00 e. The molecule has 2 N–H and O–H groups in total. The largest absolute Gasteiger partial charge is 1.00 e. The van der Waals surface area contributed by atoms with Crippen LogP contribution in [0.4, 0.5) is 0 Å². The van der Waals surface area contributed by atoms with E-state index < -0.39 is 5.97 Å². The number of aromatic nitrogens is 2. The van der Waals surface area contributed by atoms with E-state index in [1.807, 2.05) is 6.92 Å². The van der Waals surface area contributed by atoms with Crippen LogP contribution in [0, 0.1) is 6.92 Å². The molecule has 21 heavy (non-hydrogen) atoms. The van der Waals surface area contributed by atoms with Crippen molar-refractivity contribution in [2.75, 3.05) is 0 Å². The number of nitrogens with zero attached hydrogens (tertiary/aromatic N) is 1. The van der Waals surface area contributed by atoms with E-state index in [9.17, 15) is 9.59 Å². The quantitative estimate of drug-likeness (QED) is 0.451. The summed E-state index contributed by atoms with van der Waals surface area (Å²) >= 11 is 1.43. The Balaban J connectivity index is -0.000001000. The van der Waals surface area contributed by atoms with Crippen LogP contribution in [0.2, 0.25) is 0 Å². The number of hydrogen-bond donors (Lipinski definition) is 2. The zero-order chi connectivity index (χ0) is 14.0. The molecule has 0 atom stereocenters. The van der Waals surface area contributed by atoms with Crippen molar-refractivity contribution in [2.24, 2.45) is 0 Å². The number of unbranched alkanes of at least 4 members (excludes halogenated alkanes) is 2. The number of aryl methyl sites for hydroxylation is 2. The van der Waals surface area contributed by atoms with Gasteiger partial charge >= 0.3 is 65.1 Å². The molecule has 0 saturated carbocycles. The Morgan fingerprint density at radius 3 is 2.62 bits per heavy atom. The van der Waals surface area contributed by atoms with Crippen LogP contribution in [-0.2, 0) is 6.42 Å². The van der Waals surface area contributed by atoms with Crippen LogP contribution < -0.4 is 64.7 Å². The minimum Gasteiger partial charge on any atom is -1.00 e. The number of H-pyrrole nitrogens is 1. The molecule has 0 amide bonds. The van der Waals surface area contributed by atoms with Crippen molar-refractivity contribution in [3.05, 3.63) is 26.6 Å². The van der Waals surface area contributed by atoms with Crippen LogP contribution in [0.15, 0.2) is 4.79 Å². The van der Waals surface area contributed by atoms with E-state index >= 15 is 0 Å². The van der Waals surface area contributed by atoms with E-state index in [1.54, 1.807) is 0 Å². The molecular weight excluding hydrogens is 310 g/mol. The fourth-order valence-corrected chi connectivity index (χ4v) is 3.28. The minimum atomic E-state index is -1.21. The second kappa shape index (κ2) is 9.45. The first-order chi connectivity index (χ1) is 9.04. The third kappa shape index (κ3) is 4.89. The number of aromatic carboxylic acids is 1. The molecular formula is C13H18N2Na2O3S. The van der Waals surface area contributed by atoms with E-state index in [2.05, 4.69) is 16.9 Å². The maximum atomic E-state index is 11.9. The molecule has 0 saturated heterocycles. The van der Waals surface area contributed by atoms with Crippen molar-refractivity contribution in [3.8, 4) is 0 Å². The molecule has 0 radical (unpaired) electrons. The number of fused-ring (bicyclic) bond motifs is 1. The van der Waals surface area contributed by atoms with E-state index in [-0.39, 0.29) is 73.4 Å². The van der Waals surface area contributed by atoms with Gasteiger partial charge in [0, 0.05) is 4.88 Å². The fraction of sp³-hybridized carbons (Fsp3) is 0.462. The number of nitrogens with one attached hydrogen (secondary N) is 1. The third-order valence-corrected chi connectivity index (χ3v) is 4.35. The molecule has 2 aromatic rings. The molecule has 5 nitrogen and oxygen atoms in total. The van der Waals surface area contributed by atoms with Gasteiger partial charge in [-0.1, -0.05) is 19.8 Å². The van der Waals surface area contributed by atoms with E-state index in [1.165, 1.54) is 11.3 Å². The summed E-state index contributed by atoms with van der Waals surface area (Å²) in [5.74, 6) is -1.50. The van der Waals surface area contributed by atoms with Gasteiger partial charge in [-0.25, -0.2) is 9.78 Å². The van der Waals surface area contributed by atoms with E-state index in [0.29, 0.717) is 10.2 Å². The summed E-state index contributed by atoms with van der Waals surface area (Å²) in [5.41, 5.74) is 0.569. The van der Waals surface area contributed by atoms with Crippen molar-refractivity contribution >= 4 is 27.5 Å². The summed E-state index contributed by atoms with van der Waals surface area (Å²) in [6.07, 6.45) is 4.29. The van der Waals surface area contributed by atoms with Crippen molar-refractivity contribution in [3.63, 3.8) is 0 Å². The van der Waals surface area contributed by atoms with Gasteiger partial charge in [-0.3, -0.25) is 4.79 Å². The summed E-state index contributed by atoms with van der Waals surface area (Å²) < 4.78 is 0. The van der Waals surface area contributed by atoms with Gasteiger partial charge in [0.05, 0.1) is 5.39 Å². The van der Waals surface area contributed by atoms with Crippen molar-refractivity contribution < 1.29 is 71.9 Å². The van der Waals surface area contributed by atoms with Gasteiger partial charge in [0.25, 0.3) is 5.56 Å². The second-order valence-corrected chi connectivity index (χ2v) is 5.59. The Hall–Kier alpha value is 0.310. The van der Waals surface area contributed by atoms with Gasteiger partial charge in [-0.15, -0.1) is 11.3 Å². The molecule has 8 heteroatoms. The Kier molecular flexibility index (Phi) is 9.59. The second-order valence-electron chi connectivity index (χ2n) is 4.51. The number of carboxylic acids is 1. The van der Waals surface area contributed by atoms with Gasteiger partial charge < -0.3 is 12.9 Å². The van der Waals surface area contributed by atoms with Crippen LogP contribution >= 0.6 is 11.3 Å². The number of aromatic amines is 1. The van der Waals surface area contributed by atoms with Gasteiger partial charge in [0.2, 0.25) is 5.82 Å². The zero-order valence-electron chi connectivity index (χ0n) is 14.9. The first-order valence-electron chi connectivity index (χ1n) is 6.30. The van der Waals surface area contributed by atoms with Crippen LogP contribution in [0.25, 0.3) is 10.2 Å². The fourth-order valence-electron chi connectivity index (χ4n) is 2.07. The van der Waals surface area contributed by atoms with E-state index in [4.69, 9.17) is 5.11 Å². The number of thiophene rings is 1. The number of carboxylic acid groups (broad SMARTS) is 1. The normalized spacial score (nSPS) is 10.0. The van der Waals surface area contributed by atoms with Crippen molar-refractivity contribution in [1.29, 1.82) is 0 Å². The molecule has 106 valence electrons. The van der Waals surface area contributed by atoms with Gasteiger partial charge in [0.1, 0.15) is 4.83 Å². The van der Waals surface area contributed by atoms with Gasteiger partial charge in [-0.2, -0.15) is 0 Å². The number of carbonyl (C=O) groups is 1. The standard InChI is InChI=1S/C13H16N2O3S.2Na.2H/c1-3-4-5-6-8-7(2)9-11(16)14-10(13(17)18)15-12(9)19-8;;;;/h3-6H2,1-2H3,(H,17,18)(H,14,15,16);;;;/q;2*+1;2*-1. The maximum absolute atomic E-state index is 11.9. The Bertz CT molecular complexity index is 692. The van der Waals surface area contributed by atoms with Crippen molar-refractivity contribution in [1.82, 2.24) is 9.97 Å². The molecule has 2 heterocycles. The SMILES string of the molecule is CCCCCc1sc2nc(C(=O)O)[nH]c(=O)c2c1C.[H-].[H-].[Na+].[Na+]. The molecule has 0 spiro atoms. The summed E-state index contributed by atoms with van der Waals surface area (Å²) in [4.78, 5) is 30.8. The first-order valence-corrected chi connectivity index (χ1v) is 7.11.